The van der Waals surface area contributed by atoms with Crippen molar-refractivity contribution < 1.29 is 17.6 Å². The van der Waals surface area contributed by atoms with Gasteiger partial charge >= 0.3 is 0 Å². The molecule has 194 valence electrons. The Labute approximate surface area is 217 Å². The van der Waals surface area contributed by atoms with Gasteiger partial charge in [-0.25, -0.2) is 17.8 Å². The molecule has 3 aliphatic carbocycles. The maximum absolute atomic E-state index is 14.2. The van der Waals surface area contributed by atoms with Crippen molar-refractivity contribution in [1.29, 1.82) is 0 Å². The molecule has 2 aromatic heterocycles. The molecule has 0 radical (unpaired) electrons. The number of sulfone groups is 1. The summed E-state index contributed by atoms with van der Waals surface area (Å²) in [7, 11) is -3.34. The molecule has 3 atom stereocenters. The molecular formula is C29H32FN3O3S. The minimum absolute atomic E-state index is 0.0109. The van der Waals surface area contributed by atoms with Crippen molar-refractivity contribution in [2.45, 2.75) is 74.7 Å². The number of imidazole rings is 1. The van der Waals surface area contributed by atoms with E-state index in [0.717, 1.165) is 49.2 Å². The lowest BCUT2D eigenvalue weighted by Gasteiger charge is -2.48. The molecule has 37 heavy (non-hydrogen) atoms. The van der Waals surface area contributed by atoms with Crippen LogP contribution in [0.2, 0.25) is 0 Å². The van der Waals surface area contributed by atoms with Gasteiger partial charge in [0.05, 0.1) is 22.5 Å². The van der Waals surface area contributed by atoms with Crippen molar-refractivity contribution in [3.05, 3.63) is 77.9 Å². The monoisotopic (exact) mass is 521 g/mol. The normalized spacial score (nSPS) is 26.3. The number of halogens is 1. The fourth-order valence-corrected chi connectivity index (χ4v) is 9.57. The first kappa shape index (κ1) is 24.5. The van der Waals surface area contributed by atoms with Crippen molar-refractivity contribution >= 4 is 15.6 Å². The van der Waals surface area contributed by atoms with E-state index in [9.17, 15) is 17.6 Å². The molecule has 8 heteroatoms. The van der Waals surface area contributed by atoms with Gasteiger partial charge in [0.2, 0.25) is 0 Å². The molecule has 1 unspecified atom stereocenters. The fourth-order valence-electron chi connectivity index (χ4n) is 7.04. The second-order valence-electron chi connectivity index (χ2n) is 11.0. The van der Waals surface area contributed by atoms with Crippen molar-refractivity contribution in [1.82, 2.24) is 14.5 Å². The van der Waals surface area contributed by atoms with Crippen LogP contribution in [0.15, 0.2) is 55.0 Å². The van der Waals surface area contributed by atoms with E-state index in [-0.39, 0.29) is 22.8 Å². The van der Waals surface area contributed by atoms with Gasteiger partial charge in [-0.1, -0.05) is 25.3 Å². The summed E-state index contributed by atoms with van der Waals surface area (Å²) in [4.78, 5) is 23.3. The largest absolute Gasteiger partial charge is 0.303 e. The predicted octanol–water partition coefficient (Wildman–Crippen LogP) is 5.29. The molecule has 0 aliphatic heterocycles. The molecule has 0 saturated heterocycles. The molecule has 2 heterocycles. The Kier molecular flexibility index (Phi) is 6.25. The van der Waals surface area contributed by atoms with E-state index >= 15 is 0 Å². The maximum atomic E-state index is 14.2. The van der Waals surface area contributed by atoms with Crippen LogP contribution in [-0.4, -0.2) is 39.2 Å². The Bertz CT molecular complexity index is 1400. The Morgan fingerprint density at radius 2 is 1.73 bits per heavy atom. The summed E-state index contributed by atoms with van der Waals surface area (Å²) in [5, 5.41) is -0.804. The van der Waals surface area contributed by atoms with Gasteiger partial charge in [-0.3, -0.25) is 9.78 Å². The lowest BCUT2D eigenvalue weighted by atomic mass is 9.57. The molecule has 1 aromatic carbocycles. The number of hydrogen-bond donors (Lipinski definition) is 0. The van der Waals surface area contributed by atoms with Crippen LogP contribution in [0.3, 0.4) is 0 Å². The third kappa shape index (κ3) is 4.23. The van der Waals surface area contributed by atoms with E-state index in [1.807, 2.05) is 10.6 Å². The Morgan fingerprint density at radius 1 is 0.946 bits per heavy atom. The number of nitrogens with zero attached hydrogens (tertiary/aromatic N) is 3. The smallest absolute Gasteiger partial charge is 0.188 e. The lowest BCUT2D eigenvalue weighted by molar-refractivity contribution is 0.0482. The summed E-state index contributed by atoms with van der Waals surface area (Å²) in [6.07, 6.45) is 10.4. The number of hydrogen-bond acceptors (Lipinski definition) is 5. The number of pyridine rings is 1. The van der Waals surface area contributed by atoms with Crippen molar-refractivity contribution in [2.75, 3.05) is 0 Å². The first-order chi connectivity index (χ1) is 17.9. The van der Waals surface area contributed by atoms with E-state index in [2.05, 4.69) is 4.98 Å². The van der Waals surface area contributed by atoms with E-state index in [1.165, 1.54) is 12.1 Å². The van der Waals surface area contributed by atoms with Crippen molar-refractivity contribution in [3.63, 3.8) is 0 Å². The van der Waals surface area contributed by atoms with Gasteiger partial charge < -0.3 is 4.57 Å². The van der Waals surface area contributed by atoms with Crippen LogP contribution >= 0.6 is 0 Å². The average molecular weight is 522 g/mol. The van der Waals surface area contributed by atoms with Crippen LogP contribution < -0.4 is 0 Å². The zero-order valence-corrected chi connectivity index (χ0v) is 21.7. The van der Waals surface area contributed by atoms with Crippen LogP contribution in [0.25, 0.3) is 5.69 Å². The van der Waals surface area contributed by atoms with Gasteiger partial charge in [0.1, 0.15) is 11.5 Å². The summed E-state index contributed by atoms with van der Waals surface area (Å²) < 4.78 is 43.1. The number of carbonyl (C=O) groups is 1. The Morgan fingerprint density at radius 3 is 2.46 bits per heavy atom. The predicted molar refractivity (Wildman–Crippen MR) is 139 cm³/mol. The molecule has 3 aliphatic rings. The van der Waals surface area contributed by atoms with Gasteiger partial charge in [0, 0.05) is 29.4 Å². The van der Waals surface area contributed by atoms with Crippen molar-refractivity contribution in [2.24, 2.45) is 11.3 Å². The second kappa shape index (κ2) is 9.46. The first-order valence-corrected chi connectivity index (χ1v) is 15.0. The number of Topliss-reactive ketones (excluding diaryl/α,β-unsaturated/α-hetero) is 1. The second-order valence-corrected chi connectivity index (χ2v) is 13.5. The zero-order valence-electron chi connectivity index (χ0n) is 20.9. The minimum atomic E-state index is -3.34. The summed E-state index contributed by atoms with van der Waals surface area (Å²) in [6.45, 7) is 0. The molecule has 0 amide bonds. The number of benzene rings is 1. The highest BCUT2D eigenvalue weighted by atomic mass is 32.2. The van der Waals surface area contributed by atoms with Crippen LogP contribution in [0.5, 0.6) is 0 Å². The standard InChI is InChI=1S/C29H32FN3O3S/c30-21-10-12-22(13-11-21)33-19-32-26-18-29(28(34)25-8-4-5-15-31-25)17-24(14-9-20(29)16-27(26)33)37(35,36)23-6-2-1-3-7-23/h4-5,8,10-13,15,19-20,23-24H,1-3,6-7,9,14,16-18H2/t20?,24-,29+/m0/s1. The highest BCUT2D eigenvalue weighted by Gasteiger charge is 2.55. The summed E-state index contributed by atoms with van der Waals surface area (Å²) in [5.74, 6) is -0.373. The third-order valence-corrected chi connectivity index (χ3v) is 11.8. The van der Waals surface area contributed by atoms with E-state index in [0.29, 0.717) is 37.8 Å². The Hall–Kier alpha value is -2.87. The summed E-state index contributed by atoms with van der Waals surface area (Å²) in [6, 6.07) is 11.6. The minimum Gasteiger partial charge on any atom is -0.303 e. The molecular weight excluding hydrogens is 489 g/mol. The SMILES string of the molecule is O=C(c1ccccn1)[C@]12Cc3ncn(-c4ccc(F)cc4)c3CC1CC[C@H](S(=O)(=O)C1CCCCC1)C2. The van der Waals surface area contributed by atoms with Gasteiger partial charge in [-0.2, -0.15) is 0 Å². The van der Waals surface area contributed by atoms with Gasteiger partial charge in [-0.05, 0) is 80.8 Å². The molecule has 0 spiro atoms. The van der Waals surface area contributed by atoms with Crippen LogP contribution in [-0.2, 0) is 22.7 Å². The van der Waals surface area contributed by atoms with E-state index in [1.54, 1.807) is 36.8 Å². The van der Waals surface area contributed by atoms with Crippen LogP contribution in [0.4, 0.5) is 4.39 Å². The number of fused-ring (bicyclic) bond motifs is 2. The molecule has 6 rings (SSSR count). The number of rotatable bonds is 5. The van der Waals surface area contributed by atoms with Crippen molar-refractivity contribution in [3.8, 4) is 5.69 Å². The molecule has 0 N–H and O–H groups in total. The highest BCUT2D eigenvalue weighted by molar-refractivity contribution is 7.92. The summed E-state index contributed by atoms with van der Waals surface area (Å²) in [5.41, 5.74) is 2.21. The van der Waals surface area contributed by atoms with Gasteiger partial charge in [-0.15, -0.1) is 0 Å². The van der Waals surface area contributed by atoms with Crippen LogP contribution in [0.1, 0.15) is 73.2 Å². The first-order valence-electron chi connectivity index (χ1n) is 13.4. The fraction of sp³-hybridized carbons (Fsp3) is 0.483. The maximum Gasteiger partial charge on any atom is 0.188 e. The number of aromatic nitrogens is 3. The summed E-state index contributed by atoms with van der Waals surface area (Å²) >= 11 is 0. The number of carbonyl (C=O) groups excluding carboxylic acids is 1. The number of ketones is 1. The molecule has 6 nitrogen and oxygen atoms in total. The van der Waals surface area contributed by atoms with E-state index < -0.39 is 20.5 Å². The van der Waals surface area contributed by atoms with Crippen LogP contribution in [0, 0.1) is 17.2 Å². The van der Waals surface area contributed by atoms with Gasteiger partial charge in [0.25, 0.3) is 0 Å². The molecule has 3 aromatic rings. The van der Waals surface area contributed by atoms with Gasteiger partial charge in [0.15, 0.2) is 15.6 Å². The quantitative estimate of drug-likeness (QED) is 0.426. The topological polar surface area (TPSA) is 81.9 Å². The lowest BCUT2D eigenvalue weighted by Crippen LogP contribution is -2.52. The Balaban J connectivity index is 1.39. The van der Waals surface area contributed by atoms with E-state index in [4.69, 9.17) is 4.98 Å². The highest BCUT2D eigenvalue weighted by Crippen LogP contribution is 2.52. The average Bonchev–Trinajstić information content (AvgIpc) is 3.34. The molecule has 0 bridgehead atoms. The molecule has 2 fully saturated rings. The zero-order chi connectivity index (χ0) is 25.6. The molecule has 2 saturated carbocycles. The third-order valence-electron chi connectivity index (χ3n) is 9.02.